The van der Waals surface area contributed by atoms with Crippen molar-refractivity contribution < 1.29 is 14.3 Å². The lowest BCUT2D eigenvalue weighted by atomic mass is 10.1. The molecule has 0 aliphatic heterocycles. The first-order valence-electron chi connectivity index (χ1n) is 7.49. The van der Waals surface area contributed by atoms with E-state index in [1.54, 1.807) is 6.08 Å². The van der Waals surface area contributed by atoms with Crippen LogP contribution in [0.1, 0.15) is 5.56 Å². The van der Waals surface area contributed by atoms with Gasteiger partial charge in [-0.1, -0.05) is 42.3 Å². The second-order valence-corrected chi connectivity index (χ2v) is 4.92. The molecule has 2 aromatic rings. The number of hydrogen-bond donors (Lipinski definition) is 1. The second-order valence-electron chi connectivity index (χ2n) is 4.92. The highest BCUT2D eigenvalue weighted by molar-refractivity contribution is 5.94. The Balaban J connectivity index is 2.28. The van der Waals surface area contributed by atoms with E-state index in [-0.39, 0.29) is 0 Å². The number of ether oxygens (including phenoxy) is 2. The van der Waals surface area contributed by atoms with Crippen molar-refractivity contribution in [1.29, 1.82) is 0 Å². The summed E-state index contributed by atoms with van der Waals surface area (Å²) in [5.41, 5.74) is 1.25. The number of methoxy groups -OCH3 is 1. The molecule has 0 aliphatic carbocycles. The van der Waals surface area contributed by atoms with Crippen molar-refractivity contribution >= 4 is 12.0 Å². The van der Waals surface area contributed by atoms with E-state index in [4.69, 9.17) is 15.9 Å². The van der Waals surface area contributed by atoms with Crippen molar-refractivity contribution in [3.8, 4) is 23.8 Å². The van der Waals surface area contributed by atoms with Gasteiger partial charge in [-0.25, -0.2) is 4.79 Å². The Morgan fingerprint density at radius 2 is 1.88 bits per heavy atom. The van der Waals surface area contributed by atoms with Gasteiger partial charge in [0.05, 0.1) is 19.2 Å². The molecule has 0 saturated heterocycles. The third kappa shape index (κ3) is 5.01. The highest BCUT2D eigenvalue weighted by Crippen LogP contribution is 2.26. The molecular formula is C20H19NO3. The summed E-state index contributed by atoms with van der Waals surface area (Å²) in [5, 5.41) is 2.99. The van der Waals surface area contributed by atoms with Gasteiger partial charge in [0.2, 0.25) is 0 Å². The minimum Gasteiger partial charge on any atom is -0.466 e. The molecule has 2 rings (SSSR count). The fourth-order valence-electron chi connectivity index (χ4n) is 2.08. The van der Waals surface area contributed by atoms with Crippen LogP contribution in [-0.4, -0.2) is 26.2 Å². The Morgan fingerprint density at radius 1 is 1.17 bits per heavy atom. The third-order valence-corrected chi connectivity index (χ3v) is 3.21. The molecule has 0 unspecified atom stereocenters. The zero-order chi connectivity index (χ0) is 17.2. The predicted octanol–water partition coefficient (Wildman–Crippen LogP) is 3.26. The predicted molar refractivity (Wildman–Crippen MR) is 94.7 cm³/mol. The Hall–Kier alpha value is -3.03. The fraction of sp³-hybridized carbons (Fsp3) is 0.150. The van der Waals surface area contributed by atoms with Crippen LogP contribution in [0.2, 0.25) is 0 Å². The second kappa shape index (κ2) is 9.19. The lowest BCUT2D eigenvalue weighted by molar-refractivity contribution is -0.136. The Bertz CT molecular complexity index is 745. The van der Waals surface area contributed by atoms with Crippen molar-refractivity contribution in [1.82, 2.24) is 5.32 Å². The van der Waals surface area contributed by atoms with Crippen LogP contribution in [0.15, 0.2) is 60.2 Å². The van der Waals surface area contributed by atoms with Gasteiger partial charge >= 0.3 is 5.97 Å². The number of para-hydroxylation sites is 2. The van der Waals surface area contributed by atoms with E-state index >= 15 is 0 Å². The maximum atomic E-state index is 12.0. The lowest BCUT2D eigenvalue weighted by Gasteiger charge is -2.10. The summed E-state index contributed by atoms with van der Waals surface area (Å²) in [4.78, 5) is 12.0. The van der Waals surface area contributed by atoms with Crippen LogP contribution in [0.25, 0.3) is 6.08 Å². The van der Waals surface area contributed by atoms with Crippen LogP contribution in [0.4, 0.5) is 0 Å². The zero-order valence-corrected chi connectivity index (χ0v) is 13.5. The van der Waals surface area contributed by atoms with E-state index in [1.165, 1.54) is 7.11 Å². The molecular weight excluding hydrogens is 302 g/mol. The van der Waals surface area contributed by atoms with Crippen LogP contribution < -0.4 is 10.1 Å². The molecule has 0 heterocycles. The summed E-state index contributed by atoms with van der Waals surface area (Å²) in [5.74, 6) is 3.44. The summed E-state index contributed by atoms with van der Waals surface area (Å²) < 4.78 is 10.7. The van der Waals surface area contributed by atoms with Gasteiger partial charge in [0.25, 0.3) is 0 Å². The molecule has 0 spiro atoms. The molecule has 0 saturated carbocycles. The topological polar surface area (TPSA) is 47.6 Å². The van der Waals surface area contributed by atoms with Gasteiger partial charge < -0.3 is 14.8 Å². The van der Waals surface area contributed by atoms with Crippen LogP contribution in [0.5, 0.6) is 11.5 Å². The molecule has 24 heavy (non-hydrogen) atoms. The molecule has 2 aromatic carbocycles. The van der Waals surface area contributed by atoms with Crippen LogP contribution in [0.3, 0.4) is 0 Å². The van der Waals surface area contributed by atoms with Gasteiger partial charge in [0.1, 0.15) is 11.5 Å². The van der Waals surface area contributed by atoms with Gasteiger partial charge in [0, 0.05) is 12.1 Å². The molecule has 0 aromatic heterocycles. The standard InChI is InChI=1S/C20H19NO3/c1-3-13-21-15-17(20(22)23-2)14-16-9-7-8-12-19(16)24-18-10-5-4-6-11-18/h1,4-12,14,21H,13,15H2,2H3/b17-14+. The molecule has 0 radical (unpaired) electrons. The SMILES string of the molecule is C#CCNC/C(=C\c1ccccc1Oc1ccccc1)C(=O)OC. The highest BCUT2D eigenvalue weighted by atomic mass is 16.5. The van der Waals surface area contributed by atoms with Crippen molar-refractivity contribution in [3.05, 3.63) is 65.7 Å². The number of benzene rings is 2. The number of esters is 1. The quantitative estimate of drug-likeness (QED) is 0.368. The summed E-state index contributed by atoms with van der Waals surface area (Å²) in [6.45, 7) is 0.688. The number of rotatable bonds is 7. The van der Waals surface area contributed by atoms with Crippen molar-refractivity contribution in [3.63, 3.8) is 0 Å². The van der Waals surface area contributed by atoms with Crippen LogP contribution >= 0.6 is 0 Å². The number of terminal acetylenes is 1. The molecule has 0 aliphatic rings. The van der Waals surface area contributed by atoms with E-state index in [0.717, 1.165) is 11.3 Å². The first-order valence-corrected chi connectivity index (χ1v) is 7.49. The van der Waals surface area contributed by atoms with E-state index in [9.17, 15) is 4.79 Å². The van der Waals surface area contributed by atoms with Crippen molar-refractivity contribution in [2.24, 2.45) is 0 Å². The van der Waals surface area contributed by atoms with Gasteiger partial charge in [-0.2, -0.15) is 0 Å². The van der Waals surface area contributed by atoms with E-state index in [2.05, 4.69) is 11.2 Å². The van der Waals surface area contributed by atoms with Gasteiger partial charge in [-0.3, -0.25) is 0 Å². The Morgan fingerprint density at radius 3 is 2.58 bits per heavy atom. The third-order valence-electron chi connectivity index (χ3n) is 3.21. The molecule has 4 heteroatoms. The first-order chi connectivity index (χ1) is 11.7. The van der Waals surface area contributed by atoms with Crippen molar-refractivity contribution in [2.45, 2.75) is 0 Å². The number of hydrogen-bond acceptors (Lipinski definition) is 4. The van der Waals surface area contributed by atoms with Crippen LogP contribution in [-0.2, 0) is 9.53 Å². The van der Waals surface area contributed by atoms with Gasteiger partial charge in [-0.05, 0) is 24.3 Å². The van der Waals surface area contributed by atoms with E-state index in [0.29, 0.717) is 24.4 Å². The monoisotopic (exact) mass is 321 g/mol. The van der Waals surface area contributed by atoms with Crippen molar-refractivity contribution in [2.75, 3.05) is 20.2 Å². The van der Waals surface area contributed by atoms with Gasteiger partial charge in [0.15, 0.2) is 0 Å². The minimum atomic E-state index is -0.408. The lowest BCUT2D eigenvalue weighted by Crippen LogP contribution is -2.22. The van der Waals surface area contributed by atoms with Crippen LogP contribution in [0, 0.1) is 12.3 Å². The summed E-state index contributed by atoms with van der Waals surface area (Å²) in [6, 6.07) is 17.0. The maximum Gasteiger partial charge on any atom is 0.335 e. The highest BCUT2D eigenvalue weighted by Gasteiger charge is 2.11. The normalized spacial score (nSPS) is 10.8. The molecule has 0 fully saturated rings. The average Bonchev–Trinajstić information content (AvgIpc) is 2.62. The van der Waals surface area contributed by atoms with E-state index in [1.807, 2.05) is 54.6 Å². The number of carbonyl (C=O) groups is 1. The van der Waals surface area contributed by atoms with E-state index < -0.39 is 5.97 Å². The largest absolute Gasteiger partial charge is 0.466 e. The molecule has 122 valence electrons. The molecule has 0 amide bonds. The summed E-state index contributed by atoms with van der Waals surface area (Å²) in [6.07, 6.45) is 6.96. The molecule has 0 bridgehead atoms. The summed E-state index contributed by atoms with van der Waals surface area (Å²) >= 11 is 0. The molecule has 0 atom stereocenters. The maximum absolute atomic E-state index is 12.0. The molecule has 4 nitrogen and oxygen atoms in total. The number of nitrogens with one attached hydrogen (secondary N) is 1. The number of carbonyl (C=O) groups excluding carboxylic acids is 1. The Labute approximate surface area is 142 Å². The molecule has 1 N–H and O–H groups in total. The fourth-order valence-corrected chi connectivity index (χ4v) is 2.08. The van der Waals surface area contributed by atoms with Gasteiger partial charge in [-0.15, -0.1) is 6.42 Å². The Kier molecular flexibility index (Phi) is 6.63. The average molecular weight is 321 g/mol. The minimum absolute atomic E-state index is 0.316. The first kappa shape index (κ1) is 17.3. The summed E-state index contributed by atoms with van der Waals surface area (Å²) in [7, 11) is 1.35. The smallest absolute Gasteiger partial charge is 0.335 e. The zero-order valence-electron chi connectivity index (χ0n) is 13.5.